The fourth-order valence-corrected chi connectivity index (χ4v) is 0.885. The van der Waals surface area contributed by atoms with E-state index in [0.29, 0.717) is 5.82 Å². The average molecular weight is 206 g/mol. The third-order valence-corrected chi connectivity index (χ3v) is 2.26. The monoisotopic (exact) mass is 206 g/mol. The Kier molecular flexibility index (Phi) is 3.22. The molecule has 15 heavy (non-hydrogen) atoms. The van der Waals surface area contributed by atoms with Crippen molar-refractivity contribution in [3.05, 3.63) is 18.1 Å². The predicted octanol–water partition coefficient (Wildman–Crippen LogP) is 0.920. The quantitative estimate of drug-likeness (QED) is 0.768. The number of hydrogen-bond acceptors (Lipinski definition) is 5. The molecule has 0 saturated heterocycles. The molecule has 1 rings (SSSR count). The fraction of sp³-hybridized carbons (Fsp3) is 0.500. The van der Waals surface area contributed by atoms with Crippen LogP contribution in [0.5, 0.6) is 0 Å². The minimum absolute atomic E-state index is 0.274. The van der Waals surface area contributed by atoms with E-state index in [0.717, 1.165) is 0 Å². The van der Waals surface area contributed by atoms with E-state index in [1.807, 2.05) is 19.9 Å². The molecule has 2 N–H and O–H groups in total. The van der Waals surface area contributed by atoms with Crippen molar-refractivity contribution >= 4 is 5.82 Å². The van der Waals surface area contributed by atoms with Crippen LogP contribution in [0.3, 0.4) is 0 Å². The molecule has 5 heteroatoms. The topological polar surface area (TPSA) is 81.8 Å². The number of aliphatic hydroxyl groups is 1. The molecule has 0 amide bonds. The molecule has 0 aliphatic heterocycles. The van der Waals surface area contributed by atoms with E-state index in [1.165, 1.54) is 12.4 Å². The fourth-order valence-electron chi connectivity index (χ4n) is 0.885. The van der Waals surface area contributed by atoms with Crippen LogP contribution >= 0.6 is 0 Å². The molecule has 1 aromatic rings. The minimum atomic E-state index is -0.519. The summed E-state index contributed by atoms with van der Waals surface area (Å²) in [4.78, 5) is 7.88. The number of nitrogens with one attached hydrogen (secondary N) is 1. The molecule has 80 valence electrons. The van der Waals surface area contributed by atoms with Gasteiger partial charge in [-0.3, -0.25) is 0 Å². The van der Waals surface area contributed by atoms with E-state index in [1.54, 1.807) is 6.92 Å². The van der Waals surface area contributed by atoms with E-state index in [9.17, 15) is 5.11 Å². The van der Waals surface area contributed by atoms with Crippen molar-refractivity contribution in [1.82, 2.24) is 9.97 Å². The Balaban J connectivity index is 2.78. The second-order valence-electron chi connectivity index (χ2n) is 3.92. The second-order valence-corrected chi connectivity index (χ2v) is 3.92. The Hall–Kier alpha value is -1.67. The molecular formula is C10H14N4O. The summed E-state index contributed by atoms with van der Waals surface area (Å²) in [7, 11) is 0. The van der Waals surface area contributed by atoms with E-state index >= 15 is 0 Å². The molecule has 0 aliphatic rings. The Labute approximate surface area is 88.8 Å². The molecular weight excluding hydrogens is 192 g/mol. The van der Waals surface area contributed by atoms with Crippen molar-refractivity contribution < 1.29 is 5.11 Å². The van der Waals surface area contributed by atoms with Crippen LogP contribution in [0.2, 0.25) is 0 Å². The van der Waals surface area contributed by atoms with Gasteiger partial charge in [0.15, 0.2) is 5.69 Å². The molecule has 1 atom stereocenters. The van der Waals surface area contributed by atoms with E-state index in [-0.39, 0.29) is 5.69 Å². The molecule has 0 aliphatic carbocycles. The summed E-state index contributed by atoms with van der Waals surface area (Å²) >= 11 is 0. The summed E-state index contributed by atoms with van der Waals surface area (Å²) in [5.41, 5.74) is -0.210. The van der Waals surface area contributed by atoms with Gasteiger partial charge in [-0.15, -0.1) is 0 Å². The van der Waals surface area contributed by atoms with Crippen molar-refractivity contribution in [2.24, 2.45) is 0 Å². The predicted molar refractivity (Wildman–Crippen MR) is 56.1 cm³/mol. The standard InChI is InChI=1S/C10H14N4O/c1-7(15)10(2,3)14-9-6-12-8(4-11)5-13-9/h5-7,15H,1-3H3,(H,13,14). The van der Waals surface area contributed by atoms with E-state index in [2.05, 4.69) is 15.3 Å². The van der Waals surface area contributed by atoms with Crippen LogP contribution in [0.1, 0.15) is 26.5 Å². The lowest BCUT2D eigenvalue weighted by Crippen LogP contribution is -2.42. The first kappa shape index (κ1) is 11.4. The Bertz CT molecular complexity index is 364. The van der Waals surface area contributed by atoms with E-state index in [4.69, 9.17) is 5.26 Å². The molecule has 0 saturated carbocycles. The van der Waals surface area contributed by atoms with Crippen LogP contribution in [0.4, 0.5) is 5.82 Å². The molecule has 0 aromatic carbocycles. The number of aromatic nitrogens is 2. The molecule has 5 nitrogen and oxygen atoms in total. The van der Waals surface area contributed by atoms with Gasteiger partial charge in [0, 0.05) is 0 Å². The first-order valence-electron chi connectivity index (χ1n) is 4.64. The van der Waals surface area contributed by atoms with Crippen LogP contribution in [0.15, 0.2) is 12.4 Å². The zero-order valence-corrected chi connectivity index (χ0v) is 9.02. The summed E-state index contributed by atoms with van der Waals surface area (Å²) in [6.07, 6.45) is 2.35. The SMILES string of the molecule is CC(O)C(C)(C)Nc1cnc(C#N)cn1. The Morgan fingerprint density at radius 2 is 2.13 bits per heavy atom. The number of nitrogens with zero attached hydrogens (tertiary/aromatic N) is 3. The van der Waals surface area contributed by atoms with Gasteiger partial charge in [-0.1, -0.05) is 0 Å². The van der Waals surface area contributed by atoms with Gasteiger partial charge in [0.2, 0.25) is 0 Å². The molecule has 0 fully saturated rings. The summed E-state index contributed by atoms with van der Waals surface area (Å²) in [6, 6.07) is 1.89. The maximum atomic E-state index is 9.48. The van der Waals surface area contributed by atoms with Crippen molar-refractivity contribution in [1.29, 1.82) is 5.26 Å². The number of hydrogen-bond donors (Lipinski definition) is 2. The highest BCUT2D eigenvalue weighted by Gasteiger charge is 2.24. The summed E-state index contributed by atoms with van der Waals surface area (Å²) in [6.45, 7) is 5.42. The maximum absolute atomic E-state index is 9.48. The number of anilines is 1. The van der Waals surface area contributed by atoms with Crippen LogP contribution in [0, 0.1) is 11.3 Å². The third-order valence-electron chi connectivity index (χ3n) is 2.26. The van der Waals surface area contributed by atoms with Gasteiger partial charge in [-0.05, 0) is 20.8 Å². The van der Waals surface area contributed by atoms with Gasteiger partial charge in [-0.25, -0.2) is 9.97 Å². The molecule has 0 bridgehead atoms. The van der Waals surface area contributed by atoms with Gasteiger partial charge in [0.25, 0.3) is 0 Å². The van der Waals surface area contributed by atoms with Crippen molar-refractivity contribution in [3.8, 4) is 6.07 Å². The van der Waals surface area contributed by atoms with Crippen LogP contribution in [-0.4, -0.2) is 26.7 Å². The van der Waals surface area contributed by atoms with Crippen LogP contribution in [-0.2, 0) is 0 Å². The zero-order chi connectivity index (χ0) is 11.5. The van der Waals surface area contributed by atoms with Gasteiger partial charge in [-0.2, -0.15) is 5.26 Å². The highest BCUT2D eigenvalue weighted by molar-refractivity contribution is 5.36. The minimum Gasteiger partial charge on any atom is -0.391 e. The summed E-state index contributed by atoms with van der Waals surface area (Å²) in [5.74, 6) is 0.542. The second kappa shape index (κ2) is 4.24. The Morgan fingerprint density at radius 3 is 2.53 bits per heavy atom. The van der Waals surface area contributed by atoms with Gasteiger partial charge in [0.1, 0.15) is 11.9 Å². The van der Waals surface area contributed by atoms with Gasteiger partial charge < -0.3 is 10.4 Å². The molecule has 0 radical (unpaired) electrons. The summed E-state index contributed by atoms with van der Waals surface area (Å²) < 4.78 is 0. The molecule has 0 spiro atoms. The lowest BCUT2D eigenvalue weighted by Gasteiger charge is -2.29. The molecule has 1 heterocycles. The lowest BCUT2D eigenvalue weighted by atomic mass is 9.99. The highest BCUT2D eigenvalue weighted by Crippen LogP contribution is 2.15. The van der Waals surface area contributed by atoms with Crippen molar-refractivity contribution in [2.45, 2.75) is 32.4 Å². The van der Waals surface area contributed by atoms with Gasteiger partial charge in [0.05, 0.1) is 24.0 Å². The first-order chi connectivity index (χ1) is 6.95. The number of nitriles is 1. The largest absolute Gasteiger partial charge is 0.391 e. The van der Waals surface area contributed by atoms with Crippen LogP contribution < -0.4 is 5.32 Å². The Morgan fingerprint density at radius 1 is 1.47 bits per heavy atom. The zero-order valence-electron chi connectivity index (χ0n) is 9.02. The highest BCUT2D eigenvalue weighted by atomic mass is 16.3. The normalized spacial score (nSPS) is 13.0. The lowest BCUT2D eigenvalue weighted by molar-refractivity contribution is 0.133. The summed E-state index contributed by atoms with van der Waals surface area (Å²) in [5, 5.41) is 21.1. The third kappa shape index (κ3) is 2.89. The average Bonchev–Trinajstić information content (AvgIpc) is 2.18. The van der Waals surface area contributed by atoms with Crippen molar-refractivity contribution in [2.75, 3.05) is 5.32 Å². The van der Waals surface area contributed by atoms with Crippen molar-refractivity contribution in [3.63, 3.8) is 0 Å². The van der Waals surface area contributed by atoms with E-state index < -0.39 is 11.6 Å². The van der Waals surface area contributed by atoms with Gasteiger partial charge >= 0.3 is 0 Å². The molecule has 1 unspecified atom stereocenters. The number of aliphatic hydroxyl groups excluding tert-OH is 1. The van der Waals surface area contributed by atoms with Crippen LogP contribution in [0.25, 0.3) is 0 Å². The molecule has 1 aromatic heterocycles. The first-order valence-corrected chi connectivity index (χ1v) is 4.64. The maximum Gasteiger partial charge on any atom is 0.158 e. The smallest absolute Gasteiger partial charge is 0.158 e. The number of rotatable bonds is 3.